The van der Waals surface area contributed by atoms with Crippen molar-refractivity contribution in [2.24, 2.45) is 5.92 Å². The Hall–Kier alpha value is -1.30. The van der Waals surface area contributed by atoms with Gasteiger partial charge in [0.2, 0.25) is 0 Å². The van der Waals surface area contributed by atoms with Crippen molar-refractivity contribution >= 4 is 12.0 Å². The van der Waals surface area contributed by atoms with E-state index in [0.717, 1.165) is 19.3 Å². The molecule has 0 heterocycles. The molecule has 2 atom stereocenters. The van der Waals surface area contributed by atoms with Crippen LogP contribution in [0.2, 0.25) is 0 Å². The first-order chi connectivity index (χ1) is 8.65. The molecule has 0 radical (unpaired) electrons. The lowest BCUT2D eigenvalue weighted by Gasteiger charge is -2.29. The first-order valence-electron chi connectivity index (χ1n) is 6.50. The van der Waals surface area contributed by atoms with Gasteiger partial charge in [-0.3, -0.25) is 4.79 Å². The van der Waals surface area contributed by atoms with Crippen LogP contribution in [0.1, 0.15) is 32.6 Å². The van der Waals surface area contributed by atoms with Crippen molar-refractivity contribution in [1.29, 1.82) is 0 Å². The molecular weight excluding hydrogens is 236 g/mol. The van der Waals surface area contributed by atoms with E-state index < -0.39 is 11.9 Å². The highest BCUT2D eigenvalue weighted by molar-refractivity contribution is 5.76. The lowest BCUT2D eigenvalue weighted by molar-refractivity contribution is -0.143. The van der Waals surface area contributed by atoms with Crippen molar-refractivity contribution in [1.82, 2.24) is 10.6 Å². The van der Waals surface area contributed by atoms with Gasteiger partial charge in [0.1, 0.15) is 0 Å². The Kier molecular flexibility index (Phi) is 6.49. The molecule has 1 rings (SSSR count). The van der Waals surface area contributed by atoms with Crippen molar-refractivity contribution < 1.29 is 19.4 Å². The Morgan fingerprint density at radius 1 is 1.33 bits per heavy atom. The summed E-state index contributed by atoms with van der Waals surface area (Å²) in [5.41, 5.74) is 0. The van der Waals surface area contributed by atoms with Gasteiger partial charge in [-0.05, 0) is 19.8 Å². The van der Waals surface area contributed by atoms with E-state index in [1.165, 1.54) is 0 Å². The Morgan fingerprint density at radius 2 is 2.06 bits per heavy atom. The quantitative estimate of drug-likeness (QED) is 0.619. The van der Waals surface area contributed by atoms with E-state index in [-0.39, 0.29) is 12.1 Å². The van der Waals surface area contributed by atoms with Gasteiger partial charge in [0.25, 0.3) is 0 Å². The van der Waals surface area contributed by atoms with Crippen molar-refractivity contribution in [2.75, 3.05) is 19.8 Å². The van der Waals surface area contributed by atoms with Crippen molar-refractivity contribution in [3.05, 3.63) is 0 Å². The number of hydrogen-bond donors (Lipinski definition) is 3. The second-order valence-electron chi connectivity index (χ2n) is 4.43. The van der Waals surface area contributed by atoms with Gasteiger partial charge in [0.05, 0.1) is 12.5 Å². The van der Waals surface area contributed by atoms with E-state index in [4.69, 9.17) is 9.84 Å². The van der Waals surface area contributed by atoms with E-state index in [1.54, 1.807) is 0 Å². The summed E-state index contributed by atoms with van der Waals surface area (Å²) < 4.78 is 5.10. The number of amides is 2. The van der Waals surface area contributed by atoms with Crippen molar-refractivity contribution in [3.8, 4) is 0 Å². The first-order valence-corrected chi connectivity index (χ1v) is 6.50. The fourth-order valence-electron chi connectivity index (χ4n) is 2.20. The van der Waals surface area contributed by atoms with Crippen LogP contribution in [0, 0.1) is 5.92 Å². The highest BCUT2D eigenvalue weighted by Gasteiger charge is 2.31. The highest BCUT2D eigenvalue weighted by Crippen LogP contribution is 2.24. The first kappa shape index (κ1) is 14.8. The molecule has 3 N–H and O–H groups in total. The Labute approximate surface area is 107 Å². The molecule has 0 aromatic carbocycles. The highest BCUT2D eigenvalue weighted by atomic mass is 16.5. The van der Waals surface area contributed by atoms with Crippen LogP contribution in [-0.4, -0.2) is 42.9 Å². The maximum absolute atomic E-state index is 11.6. The van der Waals surface area contributed by atoms with Gasteiger partial charge in [-0.15, -0.1) is 0 Å². The third-order valence-corrected chi connectivity index (χ3v) is 3.14. The second-order valence-corrected chi connectivity index (χ2v) is 4.43. The molecule has 0 spiro atoms. The monoisotopic (exact) mass is 258 g/mol. The van der Waals surface area contributed by atoms with Crippen LogP contribution in [-0.2, 0) is 9.53 Å². The fraction of sp³-hybridized carbons (Fsp3) is 0.833. The summed E-state index contributed by atoms with van der Waals surface area (Å²) in [5.74, 6) is -1.29. The van der Waals surface area contributed by atoms with E-state index >= 15 is 0 Å². The van der Waals surface area contributed by atoms with Crippen molar-refractivity contribution in [2.45, 2.75) is 38.6 Å². The number of carbonyl (C=O) groups is 2. The maximum atomic E-state index is 11.6. The van der Waals surface area contributed by atoms with E-state index in [0.29, 0.717) is 26.2 Å². The fourth-order valence-corrected chi connectivity index (χ4v) is 2.20. The number of aliphatic carboxylic acids is 1. The number of ether oxygens (including phenoxy) is 1. The lowest BCUT2D eigenvalue weighted by atomic mass is 9.84. The minimum Gasteiger partial charge on any atom is -0.481 e. The van der Waals surface area contributed by atoms with Gasteiger partial charge < -0.3 is 20.5 Å². The predicted octanol–water partition coefficient (Wildman–Crippen LogP) is 0.965. The van der Waals surface area contributed by atoms with Crippen LogP contribution in [0.5, 0.6) is 0 Å². The minimum atomic E-state index is -0.825. The van der Waals surface area contributed by atoms with Gasteiger partial charge in [-0.2, -0.15) is 0 Å². The molecule has 2 unspecified atom stereocenters. The van der Waals surface area contributed by atoms with Crippen LogP contribution < -0.4 is 10.6 Å². The Bertz CT molecular complexity index is 283. The minimum absolute atomic E-state index is 0.261. The summed E-state index contributed by atoms with van der Waals surface area (Å²) >= 11 is 0. The van der Waals surface area contributed by atoms with Gasteiger partial charge in [0, 0.05) is 19.2 Å². The SMILES string of the molecule is CCOCCNC(=O)NC1CCCCC1C(=O)O. The molecule has 1 saturated carbocycles. The molecule has 0 aliphatic heterocycles. The number of urea groups is 1. The zero-order chi connectivity index (χ0) is 13.4. The zero-order valence-electron chi connectivity index (χ0n) is 10.8. The summed E-state index contributed by atoms with van der Waals surface area (Å²) in [4.78, 5) is 22.6. The van der Waals surface area contributed by atoms with E-state index in [2.05, 4.69) is 10.6 Å². The van der Waals surface area contributed by atoms with E-state index in [9.17, 15) is 9.59 Å². The van der Waals surface area contributed by atoms with Gasteiger partial charge >= 0.3 is 12.0 Å². The number of rotatable bonds is 6. The molecule has 1 aliphatic rings. The molecule has 6 nitrogen and oxygen atoms in total. The number of carbonyl (C=O) groups excluding carboxylic acids is 1. The van der Waals surface area contributed by atoms with Gasteiger partial charge in [-0.25, -0.2) is 4.79 Å². The Morgan fingerprint density at radius 3 is 2.72 bits per heavy atom. The summed E-state index contributed by atoms with van der Waals surface area (Å²) in [6.07, 6.45) is 3.25. The molecule has 0 saturated heterocycles. The average Bonchev–Trinajstić information content (AvgIpc) is 2.35. The number of nitrogens with one attached hydrogen (secondary N) is 2. The molecule has 18 heavy (non-hydrogen) atoms. The third kappa shape index (κ3) is 4.91. The molecule has 1 aliphatic carbocycles. The van der Waals surface area contributed by atoms with Crippen LogP contribution in [0.4, 0.5) is 4.79 Å². The van der Waals surface area contributed by atoms with Crippen LogP contribution >= 0.6 is 0 Å². The molecule has 6 heteroatoms. The molecule has 0 aromatic heterocycles. The van der Waals surface area contributed by atoms with Crippen LogP contribution in [0.3, 0.4) is 0 Å². The maximum Gasteiger partial charge on any atom is 0.315 e. The lowest BCUT2D eigenvalue weighted by Crippen LogP contribution is -2.49. The Balaban J connectivity index is 2.30. The largest absolute Gasteiger partial charge is 0.481 e. The smallest absolute Gasteiger partial charge is 0.315 e. The third-order valence-electron chi connectivity index (χ3n) is 3.14. The molecule has 0 aromatic rings. The normalized spacial score (nSPS) is 23.4. The molecule has 2 amide bonds. The molecule has 1 fully saturated rings. The standard InChI is InChI=1S/C12H22N2O4/c1-2-18-8-7-13-12(17)14-10-6-4-3-5-9(10)11(15)16/h9-10H,2-8H2,1H3,(H,15,16)(H2,13,14,17). The summed E-state index contributed by atoms with van der Waals surface area (Å²) in [7, 11) is 0. The number of carboxylic acids is 1. The second kappa shape index (κ2) is 7.92. The van der Waals surface area contributed by atoms with Crippen LogP contribution in [0.15, 0.2) is 0 Å². The topological polar surface area (TPSA) is 87.7 Å². The number of hydrogen-bond acceptors (Lipinski definition) is 3. The molecular formula is C12H22N2O4. The van der Waals surface area contributed by atoms with Crippen LogP contribution in [0.25, 0.3) is 0 Å². The average molecular weight is 258 g/mol. The summed E-state index contributed by atoms with van der Waals surface area (Å²) in [6.45, 7) is 3.41. The van der Waals surface area contributed by atoms with Gasteiger partial charge in [0.15, 0.2) is 0 Å². The summed E-state index contributed by atoms with van der Waals surface area (Å²) in [6, 6.07) is -0.573. The summed E-state index contributed by atoms with van der Waals surface area (Å²) in [5, 5.41) is 14.5. The molecule has 104 valence electrons. The van der Waals surface area contributed by atoms with Crippen molar-refractivity contribution in [3.63, 3.8) is 0 Å². The predicted molar refractivity (Wildman–Crippen MR) is 66.4 cm³/mol. The molecule has 0 bridgehead atoms. The number of carboxylic acid groups (broad SMARTS) is 1. The van der Waals surface area contributed by atoms with E-state index in [1.807, 2.05) is 6.92 Å². The van der Waals surface area contributed by atoms with Gasteiger partial charge in [-0.1, -0.05) is 12.8 Å². The zero-order valence-corrected chi connectivity index (χ0v) is 10.8.